The van der Waals surface area contributed by atoms with Crippen LogP contribution in [0, 0.1) is 0 Å². The number of aliphatic hydroxyl groups excluding tert-OH is 1. The first-order valence-electron chi connectivity index (χ1n) is 2.13. The zero-order valence-corrected chi connectivity index (χ0v) is 4.59. The molecule has 2 nitrogen and oxygen atoms in total. The van der Waals surface area contributed by atoms with E-state index in [1.165, 1.54) is 12.2 Å². The van der Waals surface area contributed by atoms with Crippen molar-refractivity contribution in [1.82, 2.24) is 0 Å². The van der Waals surface area contributed by atoms with Crippen LogP contribution in [0.1, 0.15) is 0 Å². The van der Waals surface area contributed by atoms with Crippen LogP contribution in [-0.4, -0.2) is 5.11 Å². The molecule has 44 valence electrons. The van der Waals surface area contributed by atoms with Crippen LogP contribution < -0.4 is 5.73 Å². The third-order valence-corrected chi connectivity index (χ3v) is 0.490. The number of allylic oxidation sites excluding steroid dienone is 2. The van der Waals surface area contributed by atoms with E-state index in [-0.39, 0.29) is 5.76 Å². The van der Waals surface area contributed by atoms with Gasteiger partial charge in [-0.2, -0.15) is 0 Å². The fourth-order valence-corrected chi connectivity index (χ4v) is 0.203. The maximum absolute atomic E-state index is 8.42. The summed E-state index contributed by atoms with van der Waals surface area (Å²) >= 11 is 0. The topological polar surface area (TPSA) is 46.2 Å². The van der Waals surface area contributed by atoms with Crippen LogP contribution in [0.4, 0.5) is 0 Å². The highest BCUT2D eigenvalue weighted by atomic mass is 16.3. The molecule has 0 bridgehead atoms. The number of hydrogen-bond donors (Lipinski definition) is 2. The number of rotatable bonds is 2. The highest BCUT2D eigenvalue weighted by Crippen LogP contribution is 1.86. The van der Waals surface area contributed by atoms with Gasteiger partial charge in [-0.05, 0) is 12.2 Å². The molecule has 0 saturated carbocycles. The first-order chi connectivity index (χ1) is 3.63. The molecule has 0 saturated heterocycles. The lowest BCUT2D eigenvalue weighted by molar-refractivity contribution is 0.435. The van der Waals surface area contributed by atoms with Gasteiger partial charge in [0.1, 0.15) is 5.76 Å². The Kier molecular flexibility index (Phi) is 2.48. The Morgan fingerprint density at radius 1 is 1.38 bits per heavy atom. The van der Waals surface area contributed by atoms with Gasteiger partial charge in [0.15, 0.2) is 0 Å². The maximum atomic E-state index is 8.42. The van der Waals surface area contributed by atoms with Crippen molar-refractivity contribution in [1.29, 1.82) is 0 Å². The van der Waals surface area contributed by atoms with E-state index in [2.05, 4.69) is 13.2 Å². The Bertz CT molecular complexity index is 119. The first kappa shape index (κ1) is 6.82. The number of nitrogens with two attached hydrogens (primary N) is 1. The molecule has 2 heteroatoms. The van der Waals surface area contributed by atoms with Gasteiger partial charge in [0.2, 0.25) is 0 Å². The van der Waals surface area contributed by atoms with Crippen molar-refractivity contribution < 1.29 is 5.11 Å². The van der Waals surface area contributed by atoms with Gasteiger partial charge in [-0.15, -0.1) is 0 Å². The molecule has 0 aliphatic rings. The minimum atomic E-state index is -0.0170. The quantitative estimate of drug-likeness (QED) is 0.414. The molecule has 0 amide bonds. The van der Waals surface area contributed by atoms with Gasteiger partial charge >= 0.3 is 0 Å². The summed E-state index contributed by atoms with van der Waals surface area (Å²) in [5.74, 6) is -0.0170. The summed E-state index contributed by atoms with van der Waals surface area (Å²) in [5, 5.41) is 8.42. The molecule has 0 heterocycles. The van der Waals surface area contributed by atoms with Crippen molar-refractivity contribution in [3.63, 3.8) is 0 Å². The smallest absolute Gasteiger partial charge is 0.108 e. The van der Waals surface area contributed by atoms with Crippen LogP contribution >= 0.6 is 0 Å². The molecule has 0 atom stereocenters. The number of aliphatic hydroxyl groups is 1. The summed E-state index contributed by atoms with van der Waals surface area (Å²) < 4.78 is 0. The van der Waals surface area contributed by atoms with E-state index in [0.29, 0.717) is 5.70 Å². The summed E-state index contributed by atoms with van der Waals surface area (Å²) in [6.07, 6.45) is 2.85. The van der Waals surface area contributed by atoms with Gasteiger partial charge in [0.05, 0.1) is 0 Å². The van der Waals surface area contributed by atoms with Crippen molar-refractivity contribution in [3.8, 4) is 0 Å². The summed E-state index contributed by atoms with van der Waals surface area (Å²) in [4.78, 5) is 0. The van der Waals surface area contributed by atoms with Crippen molar-refractivity contribution >= 4 is 0 Å². The van der Waals surface area contributed by atoms with Crippen molar-refractivity contribution in [2.24, 2.45) is 5.73 Å². The molecule has 0 aliphatic carbocycles. The fraction of sp³-hybridized carbons (Fsp3) is 0. The standard InChI is InChI=1S/C6H9NO/c1-5(7)3-4-6(2)8/h3-4,8H,1-2,7H2/b4-3-. The van der Waals surface area contributed by atoms with Crippen LogP contribution in [-0.2, 0) is 0 Å². The Balaban J connectivity index is 3.67. The predicted octanol–water partition coefficient (Wildman–Crippen LogP) is 1.09. The van der Waals surface area contributed by atoms with E-state index >= 15 is 0 Å². The summed E-state index contributed by atoms with van der Waals surface area (Å²) in [7, 11) is 0. The second-order valence-corrected chi connectivity index (χ2v) is 1.40. The SMILES string of the molecule is C=C(N)/C=C\C(=C)O. The minimum Gasteiger partial charge on any atom is -0.509 e. The Labute approximate surface area is 48.6 Å². The van der Waals surface area contributed by atoms with E-state index in [1.807, 2.05) is 0 Å². The van der Waals surface area contributed by atoms with Crippen molar-refractivity contribution in [2.45, 2.75) is 0 Å². The van der Waals surface area contributed by atoms with E-state index in [0.717, 1.165) is 0 Å². The third kappa shape index (κ3) is 4.82. The zero-order chi connectivity index (χ0) is 6.57. The lowest BCUT2D eigenvalue weighted by Gasteiger charge is -1.84. The van der Waals surface area contributed by atoms with Crippen LogP contribution in [0.2, 0.25) is 0 Å². The van der Waals surface area contributed by atoms with Crippen LogP contribution in [0.25, 0.3) is 0 Å². The van der Waals surface area contributed by atoms with E-state index in [9.17, 15) is 0 Å². The Morgan fingerprint density at radius 2 is 1.88 bits per heavy atom. The molecule has 0 rings (SSSR count). The second kappa shape index (κ2) is 2.91. The van der Waals surface area contributed by atoms with Gasteiger partial charge < -0.3 is 10.8 Å². The molecule has 0 aromatic heterocycles. The molecule has 8 heavy (non-hydrogen) atoms. The van der Waals surface area contributed by atoms with Crippen molar-refractivity contribution in [3.05, 3.63) is 36.8 Å². The maximum Gasteiger partial charge on any atom is 0.108 e. The Hall–Kier alpha value is -1.18. The number of hydrogen-bond acceptors (Lipinski definition) is 2. The molecule has 0 spiro atoms. The summed E-state index contributed by atoms with van der Waals surface area (Å²) in [6.45, 7) is 6.56. The van der Waals surface area contributed by atoms with Crippen LogP contribution in [0.5, 0.6) is 0 Å². The summed E-state index contributed by atoms with van der Waals surface area (Å²) in [5.41, 5.74) is 5.51. The molecule has 0 aromatic carbocycles. The average Bonchev–Trinajstić information content (AvgIpc) is 1.61. The molecule has 0 fully saturated rings. The highest BCUT2D eigenvalue weighted by molar-refractivity contribution is 5.17. The first-order valence-corrected chi connectivity index (χ1v) is 2.13. The van der Waals surface area contributed by atoms with Crippen LogP contribution in [0.3, 0.4) is 0 Å². The lowest BCUT2D eigenvalue weighted by atomic mass is 10.4. The molecule has 3 N–H and O–H groups in total. The van der Waals surface area contributed by atoms with Gasteiger partial charge in [0, 0.05) is 5.70 Å². The van der Waals surface area contributed by atoms with Crippen LogP contribution in [0.15, 0.2) is 36.8 Å². The zero-order valence-electron chi connectivity index (χ0n) is 4.59. The largest absolute Gasteiger partial charge is 0.509 e. The minimum absolute atomic E-state index is 0.0170. The second-order valence-electron chi connectivity index (χ2n) is 1.40. The fourth-order valence-electron chi connectivity index (χ4n) is 0.203. The predicted molar refractivity (Wildman–Crippen MR) is 34.2 cm³/mol. The molecular weight excluding hydrogens is 102 g/mol. The van der Waals surface area contributed by atoms with Gasteiger partial charge in [-0.3, -0.25) is 0 Å². The summed E-state index contributed by atoms with van der Waals surface area (Å²) in [6, 6.07) is 0. The molecule has 0 aliphatic heterocycles. The lowest BCUT2D eigenvalue weighted by Crippen LogP contribution is -1.88. The molecule has 0 radical (unpaired) electrons. The monoisotopic (exact) mass is 111 g/mol. The molecule has 0 aromatic rings. The third-order valence-electron chi connectivity index (χ3n) is 0.490. The van der Waals surface area contributed by atoms with Crippen molar-refractivity contribution in [2.75, 3.05) is 0 Å². The van der Waals surface area contributed by atoms with E-state index in [1.54, 1.807) is 0 Å². The van der Waals surface area contributed by atoms with Gasteiger partial charge in [-0.1, -0.05) is 13.2 Å². The van der Waals surface area contributed by atoms with Gasteiger partial charge in [0.25, 0.3) is 0 Å². The van der Waals surface area contributed by atoms with Gasteiger partial charge in [-0.25, -0.2) is 0 Å². The Morgan fingerprint density at radius 3 is 2.00 bits per heavy atom. The normalized spacial score (nSPS) is 9.50. The highest BCUT2D eigenvalue weighted by Gasteiger charge is 1.75. The average molecular weight is 111 g/mol. The van der Waals surface area contributed by atoms with E-state index in [4.69, 9.17) is 10.8 Å². The van der Waals surface area contributed by atoms with E-state index < -0.39 is 0 Å². The molecular formula is C6H9NO. The molecule has 0 unspecified atom stereocenters.